The lowest BCUT2D eigenvalue weighted by Crippen LogP contribution is -2.30. The van der Waals surface area contributed by atoms with Crippen LogP contribution >= 0.6 is 0 Å². The van der Waals surface area contributed by atoms with Crippen molar-refractivity contribution in [1.82, 2.24) is 5.32 Å². The molecule has 2 aromatic rings. The monoisotopic (exact) mass is 223 g/mol. The Hall–Kier alpha value is -1.64. The second-order valence-corrected chi connectivity index (χ2v) is 4.78. The molecular formula is C15H13NO. The van der Waals surface area contributed by atoms with Crippen LogP contribution in [0.15, 0.2) is 48.5 Å². The van der Waals surface area contributed by atoms with Gasteiger partial charge < -0.3 is 5.11 Å². The van der Waals surface area contributed by atoms with Gasteiger partial charge in [0.15, 0.2) is 0 Å². The summed E-state index contributed by atoms with van der Waals surface area (Å²) >= 11 is 0. The van der Waals surface area contributed by atoms with Crippen molar-refractivity contribution in [2.24, 2.45) is 0 Å². The van der Waals surface area contributed by atoms with Gasteiger partial charge in [0.2, 0.25) is 0 Å². The Kier molecular flexibility index (Phi) is 1.76. The van der Waals surface area contributed by atoms with Gasteiger partial charge in [0, 0.05) is 0 Å². The van der Waals surface area contributed by atoms with Crippen molar-refractivity contribution in [2.75, 3.05) is 0 Å². The standard InChI is InChI=1S/C15H13NO/c17-15-12-8-4-3-7-11(12)13-9-5-1-2-6-10(9)14(15)16-13/h1-8,13-17H/t13-,14-,15-/m1/s1. The maximum atomic E-state index is 10.4. The molecular weight excluding hydrogens is 210 g/mol. The number of hydrogen-bond donors (Lipinski definition) is 2. The summed E-state index contributed by atoms with van der Waals surface area (Å²) in [6.45, 7) is 0. The number of rotatable bonds is 0. The minimum atomic E-state index is -0.439. The molecule has 2 nitrogen and oxygen atoms in total. The first-order valence-electron chi connectivity index (χ1n) is 5.98. The topological polar surface area (TPSA) is 32.3 Å². The first kappa shape index (κ1) is 9.40. The number of fused-ring (bicyclic) bond motifs is 7. The molecule has 2 aliphatic heterocycles. The largest absolute Gasteiger partial charge is 0.386 e. The van der Waals surface area contributed by atoms with E-state index in [1.807, 2.05) is 24.3 Å². The Morgan fingerprint density at radius 2 is 1.29 bits per heavy atom. The lowest BCUT2D eigenvalue weighted by Gasteiger charge is -2.29. The van der Waals surface area contributed by atoms with Gasteiger partial charge in [-0.3, -0.25) is 5.32 Å². The minimum Gasteiger partial charge on any atom is -0.386 e. The fraction of sp³-hybridized carbons (Fsp3) is 0.200. The van der Waals surface area contributed by atoms with E-state index < -0.39 is 6.10 Å². The van der Waals surface area contributed by atoms with E-state index in [1.165, 1.54) is 16.7 Å². The highest BCUT2D eigenvalue weighted by Crippen LogP contribution is 2.48. The average molecular weight is 223 g/mol. The highest BCUT2D eigenvalue weighted by molar-refractivity contribution is 5.51. The van der Waals surface area contributed by atoms with E-state index in [-0.39, 0.29) is 12.1 Å². The molecule has 0 aromatic heterocycles. The van der Waals surface area contributed by atoms with Gasteiger partial charge in [-0.2, -0.15) is 0 Å². The number of hydrogen-bond acceptors (Lipinski definition) is 2. The predicted octanol–water partition coefficient (Wildman–Crippen LogP) is 2.47. The molecule has 2 N–H and O–H groups in total. The molecule has 0 spiro atoms. The van der Waals surface area contributed by atoms with Gasteiger partial charge in [-0.25, -0.2) is 0 Å². The van der Waals surface area contributed by atoms with Crippen LogP contribution in [0.3, 0.4) is 0 Å². The Bertz CT molecular complexity index is 593. The Balaban J connectivity index is 2.01. The van der Waals surface area contributed by atoms with E-state index in [0.29, 0.717) is 0 Å². The lowest BCUT2D eigenvalue weighted by atomic mass is 9.91. The quantitative estimate of drug-likeness (QED) is 0.719. The summed E-state index contributed by atoms with van der Waals surface area (Å²) in [4.78, 5) is 0. The average Bonchev–Trinajstić information content (AvgIpc) is 2.73. The highest BCUT2D eigenvalue weighted by atomic mass is 16.3. The van der Waals surface area contributed by atoms with Gasteiger partial charge in [0.05, 0.1) is 18.2 Å². The van der Waals surface area contributed by atoms with Crippen LogP contribution in [0.4, 0.5) is 0 Å². The Morgan fingerprint density at radius 1 is 0.765 bits per heavy atom. The Labute approximate surface area is 99.9 Å². The SMILES string of the molecule is O[C@@H]1c2ccccc2[C@@H]2N[C@@H]1c1ccccc12. The van der Waals surface area contributed by atoms with Crippen molar-refractivity contribution < 1.29 is 5.11 Å². The van der Waals surface area contributed by atoms with Gasteiger partial charge >= 0.3 is 0 Å². The zero-order valence-electron chi connectivity index (χ0n) is 9.30. The zero-order chi connectivity index (χ0) is 11.4. The molecule has 0 fully saturated rings. The second kappa shape index (κ2) is 3.19. The second-order valence-electron chi connectivity index (χ2n) is 4.78. The van der Waals surface area contributed by atoms with Crippen LogP contribution in [0.1, 0.15) is 40.4 Å². The fourth-order valence-corrected chi connectivity index (χ4v) is 3.16. The van der Waals surface area contributed by atoms with Gasteiger partial charge in [0.25, 0.3) is 0 Å². The van der Waals surface area contributed by atoms with E-state index in [9.17, 15) is 5.11 Å². The van der Waals surface area contributed by atoms with Gasteiger partial charge in [0.1, 0.15) is 0 Å². The van der Waals surface area contributed by atoms with Crippen LogP contribution in [0.5, 0.6) is 0 Å². The molecule has 84 valence electrons. The summed E-state index contributed by atoms with van der Waals surface area (Å²) in [6.07, 6.45) is -0.439. The zero-order valence-corrected chi connectivity index (χ0v) is 9.30. The molecule has 2 heterocycles. The first-order valence-corrected chi connectivity index (χ1v) is 5.98. The van der Waals surface area contributed by atoms with E-state index in [1.54, 1.807) is 0 Å². The molecule has 2 aliphatic rings. The normalized spacial score (nSPS) is 28.6. The molecule has 2 heteroatoms. The molecule has 4 rings (SSSR count). The van der Waals surface area contributed by atoms with Gasteiger partial charge in [-0.05, 0) is 22.3 Å². The van der Waals surface area contributed by atoms with Crippen molar-refractivity contribution in [3.63, 3.8) is 0 Å². The molecule has 0 radical (unpaired) electrons. The van der Waals surface area contributed by atoms with Gasteiger partial charge in [-0.1, -0.05) is 48.5 Å². The minimum absolute atomic E-state index is 0.0473. The molecule has 2 bridgehead atoms. The molecule has 2 aromatic carbocycles. The fourth-order valence-electron chi connectivity index (χ4n) is 3.16. The van der Waals surface area contributed by atoms with Crippen molar-refractivity contribution in [2.45, 2.75) is 18.2 Å². The summed E-state index contributed by atoms with van der Waals surface area (Å²) in [5.74, 6) is 0. The summed E-state index contributed by atoms with van der Waals surface area (Å²) in [5, 5.41) is 13.9. The summed E-state index contributed by atoms with van der Waals surface area (Å²) in [6, 6.07) is 16.8. The lowest BCUT2D eigenvalue weighted by molar-refractivity contribution is 0.121. The smallest absolute Gasteiger partial charge is 0.0988 e. The van der Waals surface area contributed by atoms with Gasteiger partial charge in [-0.15, -0.1) is 0 Å². The van der Waals surface area contributed by atoms with Crippen molar-refractivity contribution in [3.05, 3.63) is 70.8 Å². The third-order valence-electron chi connectivity index (χ3n) is 3.93. The third kappa shape index (κ3) is 1.11. The van der Waals surface area contributed by atoms with Crippen LogP contribution in [0, 0.1) is 0 Å². The highest BCUT2D eigenvalue weighted by Gasteiger charge is 2.41. The molecule has 0 aliphatic carbocycles. The van der Waals surface area contributed by atoms with Crippen LogP contribution in [-0.2, 0) is 0 Å². The summed E-state index contributed by atoms with van der Waals surface area (Å²) < 4.78 is 0. The third-order valence-corrected chi connectivity index (χ3v) is 3.93. The molecule has 0 unspecified atom stereocenters. The predicted molar refractivity (Wildman–Crippen MR) is 65.6 cm³/mol. The van der Waals surface area contributed by atoms with Crippen LogP contribution in [0.2, 0.25) is 0 Å². The van der Waals surface area contributed by atoms with E-state index in [2.05, 4.69) is 29.6 Å². The number of aliphatic hydroxyl groups excluding tert-OH is 1. The van der Waals surface area contributed by atoms with E-state index >= 15 is 0 Å². The number of benzene rings is 2. The Morgan fingerprint density at radius 3 is 2.00 bits per heavy atom. The van der Waals surface area contributed by atoms with Crippen molar-refractivity contribution in [1.29, 1.82) is 0 Å². The molecule has 3 atom stereocenters. The number of nitrogens with one attached hydrogen (secondary N) is 1. The summed E-state index contributed by atoms with van der Waals surface area (Å²) in [7, 11) is 0. The maximum Gasteiger partial charge on any atom is 0.0988 e. The van der Waals surface area contributed by atoms with E-state index in [0.717, 1.165) is 5.56 Å². The van der Waals surface area contributed by atoms with E-state index in [4.69, 9.17) is 0 Å². The summed E-state index contributed by atoms with van der Waals surface area (Å²) in [5.41, 5.74) is 4.82. The van der Waals surface area contributed by atoms with Crippen molar-refractivity contribution >= 4 is 0 Å². The molecule has 0 saturated heterocycles. The molecule has 0 saturated carbocycles. The first-order chi connectivity index (χ1) is 8.36. The van der Waals surface area contributed by atoms with Crippen LogP contribution in [-0.4, -0.2) is 5.11 Å². The van der Waals surface area contributed by atoms with Crippen molar-refractivity contribution in [3.8, 4) is 0 Å². The number of aliphatic hydroxyl groups is 1. The van der Waals surface area contributed by atoms with Crippen LogP contribution < -0.4 is 5.32 Å². The molecule has 0 amide bonds. The maximum absolute atomic E-state index is 10.4. The molecule has 17 heavy (non-hydrogen) atoms. The van der Waals surface area contributed by atoms with Crippen LogP contribution in [0.25, 0.3) is 0 Å².